The fourth-order valence-corrected chi connectivity index (χ4v) is 3.91. The molecule has 2 N–H and O–H groups in total. The predicted octanol–water partition coefficient (Wildman–Crippen LogP) is 2.91. The number of aliphatic hydroxyl groups excluding tert-OH is 1. The first-order chi connectivity index (χ1) is 12.2. The highest BCUT2D eigenvalue weighted by Gasteiger charge is 2.22. The molecular formula is C19H25N3O2S. The number of rotatable bonds is 6. The molecule has 134 valence electrons. The Morgan fingerprint density at radius 1 is 1.36 bits per heavy atom. The molecule has 1 aromatic rings. The van der Waals surface area contributed by atoms with Crippen LogP contribution >= 0.6 is 11.8 Å². The van der Waals surface area contributed by atoms with Crippen LogP contribution in [-0.2, 0) is 0 Å². The fourth-order valence-electron chi connectivity index (χ4n) is 3.28. The highest BCUT2D eigenvalue weighted by molar-refractivity contribution is 8.14. The zero-order valence-corrected chi connectivity index (χ0v) is 15.4. The van der Waals surface area contributed by atoms with Crippen LogP contribution in [0.5, 0.6) is 0 Å². The highest BCUT2D eigenvalue weighted by atomic mass is 32.2. The molecule has 2 aliphatic heterocycles. The summed E-state index contributed by atoms with van der Waals surface area (Å²) in [6, 6.07) is 8.64. The number of nitrogens with one attached hydrogen (secondary N) is 1. The molecule has 0 spiro atoms. The van der Waals surface area contributed by atoms with E-state index in [1.807, 2.05) is 0 Å². The Morgan fingerprint density at radius 3 is 2.76 bits per heavy atom. The first kappa shape index (κ1) is 18.2. The molecule has 1 unspecified atom stereocenters. The van der Waals surface area contributed by atoms with Gasteiger partial charge in [-0.05, 0) is 36.8 Å². The van der Waals surface area contributed by atoms with Crippen molar-refractivity contribution in [1.29, 1.82) is 0 Å². The summed E-state index contributed by atoms with van der Waals surface area (Å²) in [5.74, 6) is 1.01. The van der Waals surface area contributed by atoms with Crippen LogP contribution in [0.3, 0.4) is 0 Å². The van der Waals surface area contributed by atoms with Crippen molar-refractivity contribution in [1.82, 2.24) is 10.3 Å². The standard InChI is InChI=1S/C19H25N3O2S/c1-14-2-4-15(5-3-14)17(8-11-23)12-22-9-6-16(7-10-22)18-13-25-19(24)21-20-18/h2-6,17,23H,7-13H2,1H3,(H,21,24). The maximum Gasteiger partial charge on any atom is 0.299 e. The van der Waals surface area contributed by atoms with Crippen LogP contribution in [0.25, 0.3) is 0 Å². The molecule has 0 saturated carbocycles. The number of nitrogens with zero attached hydrogens (tertiary/aromatic N) is 2. The van der Waals surface area contributed by atoms with Crippen LogP contribution in [0.2, 0.25) is 0 Å². The summed E-state index contributed by atoms with van der Waals surface area (Å²) in [6.07, 6.45) is 3.96. The second-order valence-electron chi connectivity index (χ2n) is 6.61. The minimum Gasteiger partial charge on any atom is -0.396 e. The summed E-state index contributed by atoms with van der Waals surface area (Å²) in [4.78, 5) is 13.6. The molecule has 0 bridgehead atoms. The zero-order valence-electron chi connectivity index (χ0n) is 14.6. The van der Waals surface area contributed by atoms with Gasteiger partial charge in [-0.3, -0.25) is 9.69 Å². The molecule has 2 heterocycles. The quantitative estimate of drug-likeness (QED) is 0.820. The molecule has 1 amide bonds. The number of hydrogen-bond acceptors (Lipinski definition) is 5. The van der Waals surface area contributed by atoms with Gasteiger partial charge in [-0.1, -0.05) is 47.7 Å². The Hall–Kier alpha value is -1.63. The zero-order chi connectivity index (χ0) is 17.6. The predicted molar refractivity (Wildman–Crippen MR) is 103 cm³/mol. The molecule has 25 heavy (non-hydrogen) atoms. The lowest BCUT2D eigenvalue weighted by atomic mass is 9.93. The van der Waals surface area contributed by atoms with E-state index in [-0.39, 0.29) is 11.8 Å². The molecule has 6 heteroatoms. The minimum atomic E-state index is -0.0771. The molecule has 0 fully saturated rings. The summed E-state index contributed by atoms with van der Waals surface area (Å²) in [7, 11) is 0. The van der Waals surface area contributed by atoms with E-state index in [1.54, 1.807) is 0 Å². The van der Waals surface area contributed by atoms with E-state index in [0.29, 0.717) is 11.7 Å². The number of hydrazone groups is 1. The second kappa shape index (κ2) is 8.65. The second-order valence-corrected chi connectivity index (χ2v) is 7.55. The summed E-state index contributed by atoms with van der Waals surface area (Å²) in [5, 5.41) is 13.5. The summed E-state index contributed by atoms with van der Waals surface area (Å²) in [5.41, 5.74) is 7.34. The van der Waals surface area contributed by atoms with Gasteiger partial charge in [0.05, 0.1) is 5.71 Å². The number of hydrogen-bond donors (Lipinski definition) is 2. The normalized spacial score (nSPS) is 19.8. The summed E-state index contributed by atoms with van der Waals surface area (Å²) >= 11 is 1.27. The van der Waals surface area contributed by atoms with Gasteiger partial charge in [-0.15, -0.1) is 0 Å². The van der Waals surface area contributed by atoms with E-state index in [4.69, 9.17) is 0 Å². The smallest absolute Gasteiger partial charge is 0.299 e. The van der Waals surface area contributed by atoms with Crippen LogP contribution < -0.4 is 5.43 Å². The van der Waals surface area contributed by atoms with Gasteiger partial charge in [0, 0.05) is 32.0 Å². The molecule has 0 radical (unpaired) electrons. The number of thioether (sulfide) groups is 1. The largest absolute Gasteiger partial charge is 0.396 e. The highest BCUT2D eigenvalue weighted by Crippen LogP contribution is 2.24. The molecule has 0 saturated heterocycles. The van der Waals surface area contributed by atoms with E-state index in [9.17, 15) is 9.90 Å². The Balaban J connectivity index is 1.61. The third-order valence-corrected chi connectivity index (χ3v) is 5.56. The van der Waals surface area contributed by atoms with Crippen molar-refractivity contribution in [3.8, 4) is 0 Å². The van der Waals surface area contributed by atoms with Crippen molar-refractivity contribution in [3.63, 3.8) is 0 Å². The maximum absolute atomic E-state index is 11.2. The van der Waals surface area contributed by atoms with E-state index in [1.165, 1.54) is 28.5 Å². The minimum absolute atomic E-state index is 0.0771. The molecule has 3 rings (SSSR count). The third-order valence-electron chi connectivity index (χ3n) is 4.79. The van der Waals surface area contributed by atoms with E-state index in [2.05, 4.69) is 52.7 Å². The van der Waals surface area contributed by atoms with Crippen LogP contribution in [0.15, 0.2) is 41.0 Å². The van der Waals surface area contributed by atoms with Crippen molar-refractivity contribution in [3.05, 3.63) is 47.0 Å². The SMILES string of the molecule is Cc1ccc(C(CCO)CN2CC=C(C3=NNC(=O)SC3)CC2)cc1. The average molecular weight is 359 g/mol. The van der Waals surface area contributed by atoms with Crippen LogP contribution in [-0.4, -0.2) is 53.0 Å². The van der Waals surface area contributed by atoms with Gasteiger partial charge >= 0.3 is 0 Å². The first-order valence-electron chi connectivity index (χ1n) is 8.74. The Kier molecular flexibility index (Phi) is 6.29. The average Bonchev–Trinajstić information content (AvgIpc) is 2.63. The number of carbonyl (C=O) groups is 1. The molecule has 0 aliphatic carbocycles. The van der Waals surface area contributed by atoms with Gasteiger partial charge in [-0.2, -0.15) is 5.10 Å². The first-order valence-corrected chi connectivity index (χ1v) is 9.73. The molecular weight excluding hydrogens is 334 g/mol. The van der Waals surface area contributed by atoms with Gasteiger partial charge < -0.3 is 5.11 Å². The van der Waals surface area contributed by atoms with Crippen LogP contribution in [0.1, 0.15) is 29.9 Å². The number of aryl methyl sites for hydroxylation is 1. The molecule has 1 atom stereocenters. The van der Waals surface area contributed by atoms with Gasteiger partial charge in [0.15, 0.2) is 0 Å². The van der Waals surface area contributed by atoms with E-state index in [0.717, 1.165) is 38.2 Å². The summed E-state index contributed by atoms with van der Waals surface area (Å²) < 4.78 is 0. The summed E-state index contributed by atoms with van der Waals surface area (Å²) in [6.45, 7) is 5.13. The fraction of sp³-hybridized carbons (Fsp3) is 0.474. The van der Waals surface area contributed by atoms with Crippen LogP contribution in [0, 0.1) is 6.92 Å². The third kappa shape index (κ3) is 4.93. The van der Waals surface area contributed by atoms with Crippen LogP contribution in [0.4, 0.5) is 4.79 Å². The van der Waals surface area contributed by atoms with Gasteiger partial charge in [0.2, 0.25) is 0 Å². The van der Waals surface area contributed by atoms with Crippen molar-refractivity contribution in [2.75, 3.05) is 32.0 Å². The number of carbonyl (C=O) groups excluding carboxylic acids is 1. The monoisotopic (exact) mass is 359 g/mol. The lowest BCUT2D eigenvalue weighted by Gasteiger charge is -2.30. The molecule has 5 nitrogen and oxygen atoms in total. The van der Waals surface area contributed by atoms with E-state index >= 15 is 0 Å². The van der Waals surface area contributed by atoms with Crippen molar-refractivity contribution < 1.29 is 9.90 Å². The molecule has 1 aromatic carbocycles. The number of aliphatic hydroxyl groups is 1. The Morgan fingerprint density at radius 2 is 2.16 bits per heavy atom. The van der Waals surface area contributed by atoms with E-state index < -0.39 is 0 Å². The van der Waals surface area contributed by atoms with Crippen molar-refractivity contribution in [2.45, 2.75) is 25.7 Å². The van der Waals surface area contributed by atoms with Gasteiger partial charge in [0.25, 0.3) is 5.24 Å². The lowest BCUT2D eigenvalue weighted by molar-refractivity contribution is 0.233. The maximum atomic E-state index is 11.2. The topological polar surface area (TPSA) is 64.9 Å². The van der Waals surface area contributed by atoms with Crippen molar-refractivity contribution in [2.24, 2.45) is 5.10 Å². The van der Waals surface area contributed by atoms with Gasteiger partial charge in [-0.25, -0.2) is 5.43 Å². The van der Waals surface area contributed by atoms with Gasteiger partial charge in [0.1, 0.15) is 0 Å². The Bertz CT molecular complexity index is 670. The Labute approximate surface area is 153 Å². The number of benzene rings is 1. The molecule has 2 aliphatic rings. The number of amides is 1. The molecule has 0 aromatic heterocycles. The van der Waals surface area contributed by atoms with Crippen molar-refractivity contribution >= 4 is 22.7 Å². The lowest BCUT2D eigenvalue weighted by Crippen LogP contribution is -2.35.